The maximum atomic E-state index is 14.0. The van der Waals surface area contributed by atoms with Gasteiger partial charge in [-0.2, -0.15) is 0 Å². The molecular formula is C32H27NO10. The maximum Gasteiger partial charge on any atom is 0.336 e. The number of hydrogen-bond acceptors (Lipinski definition) is 7. The fourth-order valence-electron chi connectivity index (χ4n) is 4.47. The molecule has 0 atom stereocenters. The second-order valence-corrected chi connectivity index (χ2v) is 9.23. The van der Waals surface area contributed by atoms with Gasteiger partial charge in [0.2, 0.25) is 0 Å². The number of amides is 1. The summed E-state index contributed by atoms with van der Waals surface area (Å²) in [6, 6.07) is 22.6. The summed E-state index contributed by atoms with van der Waals surface area (Å²) in [6.45, 7) is -0.128. The van der Waals surface area contributed by atoms with Crippen molar-refractivity contribution >= 4 is 23.8 Å². The Bertz CT molecular complexity index is 1670. The van der Waals surface area contributed by atoms with E-state index in [9.17, 15) is 34.5 Å². The molecule has 0 spiro atoms. The molecule has 11 heteroatoms. The van der Waals surface area contributed by atoms with Gasteiger partial charge in [0.25, 0.3) is 5.91 Å². The molecule has 3 N–H and O–H groups in total. The van der Waals surface area contributed by atoms with Gasteiger partial charge in [0.05, 0.1) is 43.0 Å². The predicted molar refractivity (Wildman–Crippen MR) is 153 cm³/mol. The number of carboxylic acid groups (broad SMARTS) is 3. The molecule has 0 aliphatic carbocycles. The summed E-state index contributed by atoms with van der Waals surface area (Å²) >= 11 is 0. The van der Waals surface area contributed by atoms with Gasteiger partial charge >= 0.3 is 17.9 Å². The van der Waals surface area contributed by atoms with E-state index in [1.54, 1.807) is 54.6 Å². The Morgan fingerprint density at radius 2 is 1.19 bits per heavy atom. The van der Waals surface area contributed by atoms with Crippen LogP contribution in [-0.2, 0) is 13.1 Å². The lowest BCUT2D eigenvalue weighted by Gasteiger charge is -2.25. The normalized spacial score (nSPS) is 10.5. The number of rotatable bonds is 12. The summed E-state index contributed by atoms with van der Waals surface area (Å²) in [5, 5.41) is 29.0. The minimum atomic E-state index is -1.64. The molecular weight excluding hydrogens is 558 g/mol. The quantitative estimate of drug-likeness (QED) is 0.195. The van der Waals surface area contributed by atoms with Crippen molar-refractivity contribution in [1.29, 1.82) is 0 Å². The van der Waals surface area contributed by atoms with Gasteiger partial charge in [0.15, 0.2) is 11.5 Å². The van der Waals surface area contributed by atoms with Gasteiger partial charge in [-0.3, -0.25) is 4.79 Å². The van der Waals surface area contributed by atoms with Crippen molar-refractivity contribution in [3.63, 3.8) is 0 Å². The SMILES string of the molecule is COc1cccc(CN(Cc2ccc(Oc3ccccc3)cc2)C(=O)c2cc(C(=O)O)c(C(=O)O)cc2C(=O)O)c1OC. The summed E-state index contributed by atoms with van der Waals surface area (Å²) in [4.78, 5) is 51.0. The summed E-state index contributed by atoms with van der Waals surface area (Å²) in [7, 11) is 2.89. The van der Waals surface area contributed by atoms with Crippen molar-refractivity contribution in [2.24, 2.45) is 0 Å². The van der Waals surface area contributed by atoms with Crippen LogP contribution in [-0.4, -0.2) is 58.3 Å². The number of ether oxygens (including phenoxy) is 3. The number of carbonyl (C=O) groups excluding carboxylic acids is 1. The van der Waals surface area contributed by atoms with Gasteiger partial charge in [-0.15, -0.1) is 0 Å². The van der Waals surface area contributed by atoms with Gasteiger partial charge in [-0.05, 0) is 48.0 Å². The molecule has 0 saturated carbocycles. The standard InChI is InChI=1S/C32H27NO10/c1-41-27-10-6-7-20(28(27)42-2)18-33(17-19-11-13-22(14-12-19)43-21-8-4-3-5-9-21)29(34)23-15-25(31(37)38)26(32(39)40)16-24(23)30(35)36/h3-16H,17-18H2,1-2H3,(H,35,36)(H,37,38)(H,39,40). The molecule has 0 aliphatic rings. The second-order valence-electron chi connectivity index (χ2n) is 9.23. The molecule has 1 amide bonds. The van der Waals surface area contributed by atoms with Gasteiger partial charge in [0.1, 0.15) is 11.5 Å². The first kappa shape index (κ1) is 30.1. The predicted octanol–water partition coefficient (Wildman–Crippen LogP) is 5.43. The van der Waals surface area contributed by atoms with Crippen LogP contribution in [0.15, 0.2) is 84.9 Å². The van der Waals surface area contributed by atoms with E-state index in [-0.39, 0.29) is 13.1 Å². The van der Waals surface area contributed by atoms with Crippen LogP contribution in [0.1, 0.15) is 52.6 Å². The fourth-order valence-corrected chi connectivity index (χ4v) is 4.47. The molecule has 0 aliphatic heterocycles. The number of aromatic carboxylic acids is 3. The lowest BCUT2D eigenvalue weighted by molar-refractivity contribution is 0.0643. The first-order valence-corrected chi connectivity index (χ1v) is 12.8. The molecule has 4 rings (SSSR count). The molecule has 0 radical (unpaired) electrons. The largest absolute Gasteiger partial charge is 0.493 e. The molecule has 220 valence electrons. The van der Waals surface area contributed by atoms with E-state index in [1.165, 1.54) is 19.1 Å². The van der Waals surface area contributed by atoms with Crippen molar-refractivity contribution in [3.05, 3.63) is 118 Å². The third-order valence-electron chi connectivity index (χ3n) is 6.49. The molecule has 43 heavy (non-hydrogen) atoms. The maximum absolute atomic E-state index is 14.0. The third kappa shape index (κ3) is 6.91. The number of carbonyl (C=O) groups is 4. The lowest BCUT2D eigenvalue weighted by atomic mass is 9.96. The highest BCUT2D eigenvalue weighted by Gasteiger charge is 2.29. The van der Waals surface area contributed by atoms with Gasteiger partial charge in [-0.1, -0.05) is 42.5 Å². The van der Waals surface area contributed by atoms with Crippen LogP contribution in [0, 0.1) is 0 Å². The van der Waals surface area contributed by atoms with Crippen molar-refractivity contribution in [1.82, 2.24) is 4.90 Å². The van der Waals surface area contributed by atoms with E-state index in [4.69, 9.17) is 14.2 Å². The van der Waals surface area contributed by atoms with E-state index in [1.807, 2.05) is 18.2 Å². The Hall–Kier alpha value is -5.84. The summed E-state index contributed by atoms with van der Waals surface area (Å²) in [5.74, 6) is -3.77. The van der Waals surface area contributed by atoms with E-state index < -0.39 is 46.1 Å². The second kappa shape index (κ2) is 13.2. The van der Waals surface area contributed by atoms with Crippen LogP contribution >= 0.6 is 0 Å². The van der Waals surface area contributed by atoms with Crippen LogP contribution in [0.2, 0.25) is 0 Å². The van der Waals surface area contributed by atoms with Crippen molar-refractivity contribution in [2.75, 3.05) is 14.2 Å². The number of hydrogen-bond donors (Lipinski definition) is 3. The molecule has 4 aromatic carbocycles. The Morgan fingerprint density at radius 1 is 0.628 bits per heavy atom. The van der Waals surface area contributed by atoms with Gasteiger partial charge < -0.3 is 34.4 Å². The average molecular weight is 586 g/mol. The lowest BCUT2D eigenvalue weighted by Crippen LogP contribution is -2.32. The van der Waals surface area contributed by atoms with E-state index in [2.05, 4.69) is 0 Å². The van der Waals surface area contributed by atoms with Gasteiger partial charge in [-0.25, -0.2) is 14.4 Å². The molecule has 0 aromatic heterocycles. The van der Waals surface area contributed by atoms with Crippen LogP contribution in [0.3, 0.4) is 0 Å². The molecule has 0 heterocycles. The van der Waals surface area contributed by atoms with E-state index >= 15 is 0 Å². The topological polar surface area (TPSA) is 160 Å². The van der Waals surface area contributed by atoms with Crippen LogP contribution < -0.4 is 14.2 Å². The zero-order chi connectivity index (χ0) is 31.1. The van der Waals surface area contributed by atoms with E-state index in [0.717, 1.165) is 6.07 Å². The number of para-hydroxylation sites is 2. The smallest absolute Gasteiger partial charge is 0.336 e. The van der Waals surface area contributed by atoms with Gasteiger partial charge in [0, 0.05) is 12.1 Å². The zero-order valence-electron chi connectivity index (χ0n) is 23.1. The average Bonchev–Trinajstić information content (AvgIpc) is 3.00. The third-order valence-corrected chi connectivity index (χ3v) is 6.49. The first-order chi connectivity index (χ1) is 20.6. The zero-order valence-corrected chi connectivity index (χ0v) is 23.1. The van der Waals surface area contributed by atoms with Crippen molar-refractivity contribution in [3.8, 4) is 23.0 Å². The Kier molecular flexibility index (Phi) is 9.26. The minimum absolute atomic E-state index is 0.0348. The highest BCUT2D eigenvalue weighted by atomic mass is 16.5. The number of nitrogens with zero attached hydrogens (tertiary/aromatic N) is 1. The number of carboxylic acids is 3. The summed E-state index contributed by atoms with van der Waals surface area (Å²) < 4.78 is 16.7. The molecule has 0 fully saturated rings. The minimum Gasteiger partial charge on any atom is -0.493 e. The fraction of sp³-hybridized carbons (Fsp3) is 0.125. The summed E-state index contributed by atoms with van der Waals surface area (Å²) in [5.41, 5.74) is -1.44. The Balaban J connectivity index is 1.77. The van der Waals surface area contributed by atoms with Crippen LogP contribution in [0.5, 0.6) is 23.0 Å². The van der Waals surface area contributed by atoms with Crippen molar-refractivity contribution < 1.29 is 48.7 Å². The monoisotopic (exact) mass is 585 g/mol. The molecule has 4 aromatic rings. The number of benzene rings is 4. The summed E-state index contributed by atoms with van der Waals surface area (Å²) in [6.07, 6.45) is 0. The Labute approximate surface area is 246 Å². The molecule has 0 bridgehead atoms. The molecule has 11 nitrogen and oxygen atoms in total. The molecule has 0 saturated heterocycles. The molecule has 0 unspecified atom stereocenters. The highest BCUT2D eigenvalue weighted by molar-refractivity contribution is 6.10. The van der Waals surface area contributed by atoms with Crippen LogP contribution in [0.25, 0.3) is 0 Å². The van der Waals surface area contributed by atoms with E-state index in [0.29, 0.717) is 40.2 Å². The Morgan fingerprint density at radius 3 is 1.74 bits per heavy atom. The van der Waals surface area contributed by atoms with Crippen LogP contribution in [0.4, 0.5) is 0 Å². The highest BCUT2D eigenvalue weighted by Crippen LogP contribution is 2.33. The van der Waals surface area contributed by atoms with Crippen molar-refractivity contribution in [2.45, 2.75) is 13.1 Å². The first-order valence-electron chi connectivity index (χ1n) is 12.8. The number of methoxy groups -OCH3 is 2.